The van der Waals surface area contributed by atoms with E-state index < -0.39 is 0 Å². The summed E-state index contributed by atoms with van der Waals surface area (Å²) in [6.45, 7) is 7.08. The van der Waals surface area contributed by atoms with Crippen molar-refractivity contribution in [2.45, 2.75) is 32.6 Å². The normalized spacial score (nSPS) is 16.6. The molecule has 0 saturated heterocycles. The Kier molecular flexibility index (Phi) is 7.02. The van der Waals surface area contributed by atoms with Gasteiger partial charge in [0, 0.05) is 33.8 Å². The summed E-state index contributed by atoms with van der Waals surface area (Å²) < 4.78 is 0. The molecule has 1 unspecified atom stereocenters. The van der Waals surface area contributed by atoms with Gasteiger partial charge in [-0.1, -0.05) is 148 Å². The van der Waals surface area contributed by atoms with E-state index in [4.69, 9.17) is 9.97 Å². The van der Waals surface area contributed by atoms with Gasteiger partial charge in [-0.25, -0.2) is 9.97 Å². The van der Waals surface area contributed by atoms with Crippen LogP contribution in [0.1, 0.15) is 38.3 Å². The summed E-state index contributed by atoms with van der Waals surface area (Å²) >= 11 is 0. The fourth-order valence-electron chi connectivity index (χ4n) is 6.19. The molecule has 3 heteroatoms. The zero-order valence-corrected chi connectivity index (χ0v) is 25.4. The number of para-hydroxylation sites is 1. The van der Waals surface area contributed by atoms with Gasteiger partial charge in [0.25, 0.3) is 0 Å². The van der Waals surface area contributed by atoms with Crippen LogP contribution in [0.3, 0.4) is 0 Å². The molecule has 1 atom stereocenters. The Morgan fingerprint density at radius 1 is 0.659 bits per heavy atom. The van der Waals surface area contributed by atoms with Crippen LogP contribution in [0.4, 0.5) is 0 Å². The third kappa shape index (κ3) is 5.05. The van der Waals surface area contributed by atoms with Gasteiger partial charge in [0.15, 0.2) is 5.82 Å². The van der Waals surface area contributed by atoms with Crippen molar-refractivity contribution in [2.24, 2.45) is 5.41 Å². The van der Waals surface area contributed by atoms with Crippen LogP contribution >= 0.6 is 0 Å². The first-order chi connectivity index (χ1) is 21.4. The third-order valence-electron chi connectivity index (χ3n) is 9.48. The van der Waals surface area contributed by atoms with E-state index >= 15 is 0 Å². The van der Waals surface area contributed by atoms with E-state index in [1.54, 1.807) is 0 Å². The minimum Gasteiger partial charge on any atom is -0.256 e. The lowest BCUT2D eigenvalue weighted by Crippen LogP contribution is -2.38. The number of fused-ring (bicyclic) bond motifs is 1. The largest absolute Gasteiger partial charge is 0.256 e. The van der Waals surface area contributed by atoms with Crippen LogP contribution in [-0.2, 0) is 5.41 Å². The lowest BCUT2D eigenvalue weighted by atomic mass is 9.60. The highest BCUT2D eigenvalue weighted by Crippen LogP contribution is 2.48. The van der Waals surface area contributed by atoms with Crippen molar-refractivity contribution in [1.29, 1.82) is 0 Å². The SMILES string of the molecule is CC1(C(C)(C)c2ccc(-c3cc(-c4ccccc4)nc(-c4ccccc4)n3)cc2)C=CC(c2cccc3cccnc23)=CC1. The Morgan fingerprint density at radius 3 is 1.95 bits per heavy atom. The van der Waals surface area contributed by atoms with Crippen molar-refractivity contribution in [3.8, 4) is 33.9 Å². The fourth-order valence-corrected chi connectivity index (χ4v) is 6.19. The van der Waals surface area contributed by atoms with Crippen LogP contribution in [0.25, 0.3) is 50.4 Å². The molecule has 0 radical (unpaired) electrons. The monoisotopic (exact) mass is 569 g/mol. The summed E-state index contributed by atoms with van der Waals surface area (Å²) in [6.07, 6.45) is 9.91. The molecule has 1 aliphatic rings. The van der Waals surface area contributed by atoms with Crippen molar-refractivity contribution in [3.63, 3.8) is 0 Å². The van der Waals surface area contributed by atoms with Crippen LogP contribution in [0.2, 0.25) is 0 Å². The van der Waals surface area contributed by atoms with Crippen molar-refractivity contribution in [3.05, 3.63) is 157 Å². The highest BCUT2D eigenvalue weighted by molar-refractivity contribution is 5.93. The summed E-state index contributed by atoms with van der Waals surface area (Å²) in [4.78, 5) is 14.6. The molecule has 0 bridgehead atoms. The highest BCUT2D eigenvalue weighted by Gasteiger charge is 2.40. The molecule has 6 aromatic rings. The lowest BCUT2D eigenvalue weighted by Gasteiger charge is -2.44. The van der Waals surface area contributed by atoms with Gasteiger partial charge in [-0.15, -0.1) is 0 Å². The Bertz CT molecular complexity index is 1940. The van der Waals surface area contributed by atoms with E-state index in [9.17, 15) is 0 Å². The number of pyridine rings is 1. The average molecular weight is 570 g/mol. The lowest BCUT2D eigenvalue weighted by molar-refractivity contribution is 0.240. The smallest absolute Gasteiger partial charge is 0.160 e. The van der Waals surface area contributed by atoms with Crippen molar-refractivity contribution >= 4 is 16.5 Å². The van der Waals surface area contributed by atoms with Crippen molar-refractivity contribution < 1.29 is 0 Å². The molecule has 3 nitrogen and oxygen atoms in total. The summed E-state index contributed by atoms with van der Waals surface area (Å²) in [5, 5.41) is 1.17. The second kappa shape index (κ2) is 11.2. The Morgan fingerprint density at radius 2 is 1.30 bits per heavy atom. The molecule has 44 heavy (non-hydrogen) atoms. The van der Waals surface area contributed by atoms with E-state index in [1.807, 2.05) is 48.7 Å². The Hall–Kier alpha value is -5.15. The Labute approximate surface area is 259 Å². The number of hydrogen-bond donors (Lipinski definition) is 0. The topological polar surface area (TPSA) is 38.7 Å². The van der Waals surface area contributed by atoms with Gasteiger partial charge in [0.05, 0.1) is 16.9 Å². The van der Waals surface area contributed by atoms with Crippen molar-refractivity contribution in [2.75, 3.05) is 0 Å². The van der Waals surface area contributed by atoms with Gasteiger partial charge in [-0.05, 0) is 40.5 Å². The second-order valence-electron chi connectivity index (χ2n) is 12.4. The Balaban J connectivity index is 1.19. The maximum Gasteiger partial charge on any atom is 0.160 e. The first-order valence-electron chi connectivity index (χ1n) is 15.3. The van der Waals surface area contributed by atoms with E-state index in [0.29, 0.717) is 0 Å². The average Bonchev–Trinajstić information content (AvgIpc) is 3.09. The molecule has 0 saturated carbocycles. The number of allylic oxidation sites excluding steroid dienone is 4. The van der Waals surface area contributed by atoms with E-state index in [2.05, 4.69) is 123 Å². The van der Waals surface area contributed by atoms with Gasteiger partial charge in [-0.3, -0.25) is 4.98 Å². The van der Waals surface area contributed by atoms with Gasteiger partial charge < -0.3 is 0 Å². The highest BCUT2D eigenvalue weighted by atomic mass is 14.9. The number of rotatable bonds is 6. The second-order valence-corrected chi connectivity index (χ2v) is 12.4. The standard InChI is InChI=1S/C41H35N3/c1-40(2,41(3)25-23-29(24-26-41)35-18-10-16-32-17-11-27-42-38(32)35)34-21-19-31(20-22-34)37-28-36(30-12-6-4-7-13-30)43-39(44-37)33-14-8-5-9-15-33/h4-25,27-28H,26H2,1-3H3. The molecular weight excluding hydrogens is 534 g/mol. The molecule has 0 N–H and O–H groups in total. The summed E-state index contributed by atoms with van der Waals surface area (Å²) in [7, 11) is 0. The summed E-state index contributed by atoms with van der Waals surface area (Å²) in [6, 6.07) is 42.1. The third-order valence-corrected chi connectivity index (χ3v) is 9.48. The minimum atomic E-state index is -0.100. The van der Waals surface area contributed by atoms with E-state index in [1.165, 1.54) is 22.1 Å². The number of benzene rings is 4. The quantitative estimate of drug-likeness (QED) is 0.200. The van der Waals surface area contributed by atoms with Gasteiger partial charge in [-0.2, -0.15) is 0 Å². The van der Waals surface area contributed by atoms with Crippen LogP contribution in [-0.4, -0.2) is 15.0 Å². The van der Waals surface area contributed by atoms with Crippen LogP contribution in [0.5, 0.6) is 0 Å². The summed E-state index contributed by atoms with van der Waals surface area (Å²) in [5.41, 5.74) is 9.65. The molecule has 0 spiro atoms. The molecule has 0 aliphatic heterocycles. The maximum atomic E-state index is 5.02. The number of aromatic nitrogens is 3. The molecular formula is C41H35N3. The molecule has 7 rings (SSSR count). The fraction of sp³-hybridized carbons (Fsp3) is 0.146. The van der Waals surface area contributed by atoms with Crippen LogP contribution < -0.4 is 0 Å². The summed E-state index contributed by atoms with van der Waals surface area (Å²) in [5.74, 6) is 0.732. The predicted molar refractivity (Wildman–Crippen MR) is 183 cm³/mol. The maximum absolute atomic E-state index is 5.02. The molecule has 2 aromatic heterocycles. The van der Waals surface area contributed by atoms with Gasteiger partial charge in [0.2, 0.25) is 0 Å². The predicted octanol–water partition coefficient (Wildman–Crippen LogP) is 10.4. The van der Waals surface area contributed by atoms with E-state index in [-0.39, 0.29) is 10.8 Å². The molecule has 4 aromatic carbocycles. The van der Waals surface area contributed by atoms with E-state index in [0.717, 1.165) is 45.8 Å². The zero-order valence-electron chi connectivity index (χ0n) is 25.4. The number of nitrogens with zero attached hydrogens (tertiary/aromatic N) is 3. The number of hydrogen-bond acceptors (Lipinski definition) is 3. The first kappa shape index (κ1) is 27.7. The molecule has 2 heterocycles. The minimum absolute atomic E-state index is 0.0497. The molecule has 0 amide bonds. The van der Waals surface area contributed by atoms with Gasteiger partial charge >= 0.3 is 0 Å². The van der Waals surface area contributed by atoms with Crippen LogP contribution in [0, 0.1) is 5.41 Å². The van der Waals surface area contributed by atoms with Crippen LogP contribution in [0.15, 0.2) is 146 Å². The van der Waals surface area contributed by atoms with Gasteiger partial charge in [0.1, 0.15) is 0 Å². The zero-order chi connectivity index (χ0) is 30.1. The van der Waals surface area contributed by atoms with Crippen molar-refractivity contribution in [1.82, 2.24) is 15.0 Å². The molecule has 0 fully saturated rings. The first-order valence-corrected chi connectivity index (χ1v) is 15.3. The molecule has 214 valence electrons. The molecule has 1 aliphatic carbocycles.